The number of aliphatic hydroxyl groups is 1. The van der Waals surface area contributed by atoms with Crippen LogP contribution in [0, 0.1) is 0 Å². The molecular weight excluding hydrogens is 436 g/mol. The van der Waals surface area contributed by atoms with Gasteiger partial charge in [-0.3, -0.25) is 9.59 Å². The van der Waals surface area contributed by atoms with Gasteiger partial charge in [0.1, 0.15) is 12.6 Å². The molecule has 2 aromatic carbocycles. The van der Waals surface area contributed by atoms with Crippen LogP contribution in [0.15, 0.2) is 48.5 Å². The van der Waals surface area contributed by atoms with Crippen molar-refractivity contribution < 1.29 is 29.3 Å². The quantitative estimate of drug-likeness (QED) is 0.334. The Labute approximate surface area is 199 Å². The largest absolute Gasteiger partial charge is 0.481 e. The second kappa shape index (κ2) is 12.7. The SMILES string of the molecule is O=C(O)CCC(NC(=O)OCC1c2ccccc2-c2ccccc21)C(=O)NCCCCCCO. The molecule has 0 heterocycles. The van der Waals surface area contributed by atoms with Gasteiger partial charge in [-0.15, -0.1) is 0 Å². The fourth-order valence-corrected chi connectivity index (χ4v) is 4.24. The molecule has 2 aromatic rings. The summed E-state index contributed by atoms with van der Waals surface area (Å²) in [7, 11) is 0. The highest BCUT2D eigenvalue weighted by molar-refractivity contribution is 5.86. The van der Waals surface area contributed by atoms with Crippen LogP contribution in [-0.4, -0.2) is 54.0 Å². The lowest BCUT2D eigenvalue weighted by molar-refractivity contribution is -0.137. The van der Waals surface area contributed by atoms with E-state index < -0.39 is 24.0 Å². The third kappa shape index (κ3) is 6.81. The van der Waals surface area contributed by atoms with Crippen LogP contribution in [0.2, 0.25) is 0 Å². The Hall–Kier alpha value is -3.39. The zero-order chi connectivity index (χ0) is 24.3. The number of carbonyl (C=O) groups is 3. The molecule has 0 aliphatic heterocycles. The standard InChI is InChI=1S/C26H32N2O6/c29-16-8-2-1-7-15-27-25(32)23(13-14-24(30)31)28-26(33)34-17-22-20-11-5-3-9-18(20)19-10-4-6-12-21(19)22/h3-6,9-12,22-23,29H,1-2,7-8,13-17H2,(H,27,32)(H,28,33)(H,30,31). The number of unbranched alkanes of at least 4 members (excludes halogenated alkanes) is 3. The zero-order valence-corrected chi connectivity index (χ0v) is 19.2. The van der Waals surface area contributed by atoms with Crippen LogP contribution in [0.1, 0.15) is 55.6 Å². The van der Waals surface area contributed by atoms with E-state index in [-0.39, 0.29) is 32.0 Å². The summed E-state index contributed by atoms with van der Waals surface area (Å²) >= 11 is 0. The van der Waals surface area contributed by atoms with E-state index in [2.05, 4.69) is 10.6 Å². The molecule has 8 heteroatoms. The molecule has 0 spiro atoms. The van der Waals surface area contributed by atoms with Gasteiger partial charge in [0, 0.05) is 25.5 Å². The molecule has 3 rings (SSSR count). The highest BCUT2D eigenvalue weighted by Crippen LogP contribution is 2.44. The lowest BCUT2D eigenvalue weighted by atomic mass is 9.98. The Morgan fingerprint density at radius 2 is 1.53 bits per heavy atom. The van der Waals surface area contributed by atoms with Gasteiger partial charge in [0.15, 0.2) is 0 Å². The minimum absolute atomic E-state index is 0.0319. The number of carboxylic acid groups (broad SMARTS) is 1. The molecule has 182 valence electrons. The van der Waals surface area contributed by atoms with Gasteiger partial charge in [-0.2, -0.15) is 0 Å². The number of aliphatic carboxylic acids is 1. The summed E-state index contributed by atoms with van der Waals surface area (Å²) in [5.74, 6) is -1.59. The van der Waals surface area contributed by atoms with E-state index in [1.165, 1.54) is 0 Å². The van der Waals surface area contributed by atoms with Crippen molar-refractivity contribution in [1.82, 2.24) is 10.6 Å². The topological polar surface area (TPSA) is 125 Å². The van der Waals surface area contributed by atoms with Gasteiger partial charge in [0.05, 0.1) is 0 Å². The van der Waals surface area contributed by atoms with Crippen molar-refractivity contribution in [3.05, 3.63) is 59.7 Å². The first kappa shape index (κ1) is 25.2. The van der Waals surface area contributed by atoms with Gasteiger partial charge in [-0.1, -0.05) is 61.4 Å². The predicted molar refractivity (Wildman–Crippen MR) is 127 cm³/mol. The molecule has 0 saturated heterocycles. The Morgan fingerprint density at radius 1 is 0.912 bits per heavy atom. The van der Waals surface area contributed by atoms with Crippen LogP contribution in [0.3, 0.4) is 0 Å². The molecule has 8 nitrogen and oxygen atoms in total. The second-order valence-corrected chi connectivity index (χ2v) is 8.38. The lowest BCUT2D eigenvalue weighted by Gasteiger charge is -2.19. The van der Waals surface area contributed by atoms with Crippen molar-refractivity contribution in [3.63, 3.8) is 0 Å². The summed E-state index contributed by atoms with van der Waals surface area (Å²) < 4.78 is 5.50. The number of aliphatic hydroxyl groups excluding tert-OH is 1. The first-order chi connectivity index (χ1) is 16.5. The summed E-state index contributed by atoms with van der Waals surface area (Å²) in [6.07, 6.45) is 2.15. The molecule has 0 radical (unpaired) electrons. The number of hydrogen-bond donors (Lipinski definition) is 4. The first-order valence-corrected chi connectivity index (χ1v) is 11.7. The predicted octanol–water partition coefficient (Wildman–Crippen LogP) is 3.43. The number of rotatable bonds is 13. The fourth-order valence-electron chi connectivity index (χ4n) is 4.24. The molecule has 1 unspecified atom stereocenters. The number of alkyl carbamates (subject to hydrolysis) is 1. The minimum Gasteiger partial charge on any atom is -0.481 e. The van der Waals surface area contributed by atoms with Crippen LogP contribution in [0.5, 0.6) is 0 Å². The smallest absolute Gasteiger partial charge is 0.407 e. The van der Waals surface area contributed by atoms with E-state index in [1.807, 2.05) is 48.5 Å². The second-order valence-electron chi connectivity index (χ2n) is 8.38. The summed E-state index contributed by atoms with van der Waals surface area (Å²) in [6.45, 7) is 0.672. The number of ether oxygens (including phenoxy) is 1. The molecule has 34 heavy (non-hydrogen) atoms. The van der Waals surface area contributed by atoms with E-state index in [0.717, 1.165) is 47.9 Å². The molecule has 0 bridgehead atoms. The van der Waals surface area contributed by atoms with Crippen molar-refractivity contribution in [2.45, 2.75) is 50.5 Å². The molecule has 1 aliphatic rings. The third-order valence-corrected chi connectivity index (χ3v) is 5.98. The van der Waals surface area contributed by atoms with Crippen LogP contribution < -0.4 is 10.6 Å². The molecule has 0 aromatic heterocycles. The molecule has 1 aliphatic carbocycles. The maximum atomic E-state index is 12.6. The Morgan fingerprint density at radius 3 is 2.15 bits per heavy atom. The van der Waals surface area contributed by atoms with E-state index in [1.54, 1.807) is 0 Å². The van der Waals surface area contributed by atoms with Crippen molar-refractivity contribution >= 4 is 18.0 Å². The first-order valence-electron chi connectivity index (χ1n) is 11.7. The Balaban J connectivity index is 1.56. The molecule has 0 fully saturated rings. The number of benzene rings is 2. The normalized spacial score (nSPS) is 13.0. The molecule has 1 atom stereocenters. The van der Waals surface area contributed by atoms with Gasteiger partial charge < -0.3 is 25.6 Å². The number of fused-ring (bicyclic) bond motifs is 3. The lowest BCUT2D eigenvalue weighted by Crippen LogP contribution is -2.47. The van der Waals surface area contributed by atoms with Crippen molar-refractivity contribution in [2.24, 2.45) is 0 Å². The summed E-state index contributed by atoms with van der Waals surface area (Å²) in [5, 5.41) is 23.1. The van der Waals surface area contributed by atoms with Crippen molar-refractivity contribution in [2.75, 3.05) is 19.8 Å². The minimum atomic E-state index is -1.05. The van der Waals surface area contributed by atoms with Gasteiger partial charge in [-0.05, 0) is 41.5 Å². The highest BCUT2D eigenvalue weighted by atomic mass is 16.5. The highest BCUT2D eigenvalue weighted by Gasteiger charge is 2.29. The van der Waals surface area contributed by atoms with Crippen molar-refractivity contribution in [3.8, 4) is 11.1 Å². The summed E-state index contributed by atoms with van der Waals surface area (Å²) in [6, 6.07) is 15.0. The van der Waals surface area contributed by atoms with Crippen LogP contribution in [-0.2, 0) is 14.3 Å². The van der Waals surface area contributed by atoms with E-state index in [4.69, 9.17) is 14.9 Å². The monoisotopic (exact) mass is 468 g/mol. The number of amides is 2. The summed E-state index contributed by atoms with van der Waals surface area (Å²) in [4.78, 5) is 36.1. The number of carboxylic acids is 1. The molecule has 4 N–H and O–H groups in total. The van der Waals surface area contributed by atoms with E-state index in [0.29, 0.717) is 6.54 Å². The van der Waals surface area contributed by atoms with Crippen LogP contribution in [0.4, 0.5) is 4.79 Å². The number of hydrogen-bond acceptors (Lipinski definition) is 5. The van der Waals surface area contributed by atoms with Gasteiger partial charge in [0.2, 0.25) is 5.91 Å². The Kier molecular flexibility index (Phi) is 9.46. The fraction of sp³-hybridized carbons (Fsp3) is 0.423. The zero-order valence-electron chi connectivity index (χ0n) is 19.2. The van der Waals surface area contributed by atoms with Crippen LogP contribution in [0.25, 0.3) is 11.1 Å². The van der Waals surface area contributed by atoms with Gasteiger partial charge in [-0.25, -0.2) is 4.79 Å². The number of carbonyl (C=O) groups excluding carboxylic acids is 2. The van der Waals surface area contributed by atoms with Crippen molar-refractivity contribution in [1.29, 1.82) is 0 Å². The molecule has 2 amide bonds. The maximum absolute atomic E-state index is 12.6. The molecular formula is C26H32N2O6. The van der Waals surface area contributed by atoms with Crippen LogP contribution >= 0.6 is 0 Å². The van der Waals surface area contributed by atoms with E-state index in [9.17, 15) is 14.4 Å². The average Bonchev–Trinajstić information content (AvgIpc) is 3.16. The maximum Gasteiger partial charge on any atom is 0.407 e. The summed E-state index contributed by atoms with van der Waals surface area (Å²) in [5.41, 5.74) is 4.39. The van der Waals surface area contributed by atoms with Gasteiger partial charge in [0.25, 0.3) is 0 Å². The molecule has 0 saturated carbocycles. The third-order valence-electron chi connectivity index (χ3n) is 5.98. The van der Waals surface area contributed by atoms with E-state index >= 15 is 0 Å². The van der Waals surface area contributed by atoms with Gasteiger partial charge >= 0.3 is 12.1 Å². The average molecular weight is 469 g/mol. The number of nitrogens with one attached hydrogen (secondary N) is 2. The Bertz CT molecular complexity index is 947.